The average Bonchev–Trinajstić information content (AvgIpc) is 3.11. The van der Waals surface area contributed by atoms with Crippen LogP contribution in [0.1, 0.15) is 44.3 Å². The lowest BCUT2D eigenvalue weighted by molar-refractivity contribution is 0.0962. The van der Waals surface area contributed by atoms with Gasteiger partial charge in [-0.3, -0.25) is 4.79 Å². The smallest absolute Gasteiger partial charge is 0.165 e. The van der Waals surface area contributed by atoms with Crippen LogP contribution in [0.25, 0.3) is 0 Å². The molecule has 1 aliphatic rings. The Morgan fingerprint density at radius 2 is 1.89 bits per heavy atom. The van der Waals surface area contributed by atoms with Gasteiger partial charge in [0.05, 0.1) is 11.3 Å². The van der Waals surface area contributed by atoms with E-state index in [1.165, 1.54) is 16.9 Å². The van der Waals surface area contributed by atoms with Crippen molar-refractivity contribution in [1.29, 1.82) is 5.26 Å². The predicted molar refractivity (Wildman–Crippen MR) is 113 cm³/mol. The maximum Gasteiger partial charge on any atom is 0.165 e. The molecule has 4 rings (SSSR count). The Balaban J connectivity index is 1.60. The van der Waals surface area contributed by atoms with Gasteiger partial charge in [0.2, 0.25) is 0 Å². The summed E-state index contributed by atoms with van der Waals surface area (Å²) in [5.74, 6) is 1.86. The second-order valence-corrected chi connectivity index (χ2v) is 9.02. The van der Waals surface area contributed by atoms with E-state index >= 15 is 0 Å². The van der Waals surface area contributed by atoms with Gasteiger partial charge in [-0.1, -0.05) is 42.5 Å². The zero-order valence-electron chi connectivity index (χ0n) is 15.5. The summed E-state index contributed by atoms with van der Waals surface area (Å²) < 4.78 is 6.21. The number of benzene rings is 2. The highest BCUT2D eigenvalue weighted by Gasteiger charge is 2.32. The van der Waals surface area contributed by atoms with Gasteiger partial charge in [-0.15, -0.1) is 23.1 Å². The van der Waals surface area contributed by atoms with Gasteiger partial charge in [0, 0.05) is 17.7 Å². The van der Waals surface area contributed by atoms with Crippen LogP contribution >= 0.6 is 23.1 Å². The largest absolute Gasteiger partial charge is 0.497 e. The summed E-state index contributed by atoms with van der Waals surface area (Å²) in [6.45, 7) is 0. The van der Waals surface area contributed by atoms with Crippen LogP contribution in [0.3, 0.4) is 0 Å². The van der Waals surface area contributed by atoms with Crippen LogP contribution < -0.4 is 4.74 Å². The maximum atomic E-state index is 13.0. The second-order valence-electron chi connectivity index (χ2n) is 6.76. The zero-order valence-corrected chi connectivity index (χ0v) is 17.1. The van der Waals surface area contributed by atoms with Crippen molar-refractivity contribution < 1.29 is 9.53 Å². The number of thioether (sulfide) groups is 1. The number of ketones is 1. The molecule has 0 saturated heterocycles. The quantitative estimate of drug-likeness (QED) is 0.501. The highest BCUT2D eigenvalue weighted by Crippen LogP contribution is 2.44. The van der Waals surface area contributed by atoms with E-state index in [2.05, 4.69) is 18.2 Å². The molecule has 1 aromatic heterocycles. The third kappa shape index (κ3) is 3.71. The Morgan fingerprint density at radius 1 is 1.14 bits per heavy atom. The van der Waals surface area contributed by atoms with E-state index in [1.54, 1.807) is 18.9 Å². The molecule has 1 heterocycles. The van der Waals surface area contributed by atoms with Crippen LogP contribution in [0, 0.1) is 11.3 Å². The molecule has 1 unspecified atom stereocenters. The van der Waals surface area contributed by atoms with Crippen LogP contribution in [0.2, 0.25) is 0 Å². The Labute approximate surface area is 173 Å². The van der Waals surface area contributed by atoms with Crippen LogP contribution in [0.15, 0.2) is 58.8 Å². The first-order valence-corrected chi connectivity index (χ1v) is 10.9. The van der Waals surface area contributed by atoms with Crippen LogP contribution in [0.5, 0.6) is 5.75 Å². The molecule has 5 heteroatoms. The van der Waals surface area contributed by atoms with E-state index in [4.69, 9.17) is 4.74 Å². The number of rotatable bonds is 5. The third-order valence-electron chi connectivity index (χ3n) is 5.04. The minimum atomic E-state index is 0.111. The normalized spacial score (nSPS) is 15.7. The highest BCUT2D eigenvalue weighted by molar-refractivity contribution is 8.00. The number of hydrogen-bond acceptors (Lipinski definition) is 5. The number of carbonyl (C=O) groups excluding carboxylic acids is 1. The number of nitriles is 1. The van der Waals surface area contributed by atoms with Crippen molar-refractivity contribution in [1.82, 2.24) is 0 Å². The fraction of sp³-hybridized carbons (Fsp3) is 0.217. The van der Waals surface area contributed by atoms with Crippen molar-refractivity contribution in [2.75, 3.05) is 7.11 Å². The van der Waals surface area contributed by atoms with E-state index in [9.17, 15) is 10.1 Å². The van der Waals surface area contributed by atoms with Crippen molar-refractivity contribution in [2.45, 2.75) is 28.7 Å². The topological polar surface area (TPSA) is 50.1 Å². The molecule has 1 atom stereocenters. The van der Waals surface area contributed by atoms with Gasteiger partial charge >= 0.3 is 0 Å². The van der Waals surface area contributed by atoms with E-state index < -0.39 is 0 Å². The Hall–Kier alpha value is -2.55. The summed E-state index contributed by atoms with van der Waals surface area (Å²) in [5.41, 5.74) is 4.05. The first-order chi connectivity index (χ1) is 13.7. The second kappa shape index (κ2) is 8.22. The molecule has 3 nitrogen and oxygen atoms in total. The molecule has 0 spiro atoms. The van der Waals surface area contributed by atoms with Gasteiger partial charge in [-0.2, -0.15) is 5.26 Å². The zero-order chi connectivity index (χ0) is 19.5. The molecular formula is C23H19NO2S2. The summed E-state index contributed by atoms with van der Waals surface area (Å²) >= 11 is 3.12. The summed E-state index contributed by atoms with van der Waals surface area (Å²) in [5, 5.41) is 9.63. The number of thiophene rings is 1. The third-order valence-corrected chi connectivity index (χ3v) is 7.52. The molecule has 2 aromatic carbocycles. The molecule has 0 aliphatic heterocycles. The number of hydrogen-bond donors (Lipinski definition) is 0. The van der Waals surface area contributed by atoms with Gasteiger partial charge in [-0.25, -0.2) is 0 Å². The average molecular weight is 406 g/mol. The van der Waals surface area contributed by atoms with Crippen molar-refractivity contribution in [3.63, 3.8) is 0 Å². The van der Waals surface area contributed by atoms with Gasteiger partial charge < -0.3 is 4.74 Å². The molecule has 0 fully saturated rings. The summed E-state index contributed by atoms with van der Waals surface area (Å²) in [6.07, 6.45) is 1.22. The number of nitrogens with zero attached hydrogens (tertiary/aromatic N) is 1. The van der Waals surface area contributed by atoms with Crippen LogP contribution in [-0.4, -0.2) is 12.9 Å². The molecule has 28 heavy (non-hydrogen) atoms. The molecule has 0 amide bonds. The number of methoxy groups -OCH3 is 1. The Bertz CT molecular complexity index is 1030. The van der Waals surface area contributed by atoms with Crippen LogP contribution in [-0.2, 0) is 12.2 Å². The van der Waals surface area contributed by atoms with Crippen LogP contribution in [0.4, 0.5) is 0 Å². The maximum absolute atomic E-state index is 13.0. The van der Waals surface area contributed by atoms with Gasteiger partial charge in [0.15, 0.2) is 5.78 Å². The van der Waals surface area contributed by atoms with Gasteiger partial charge in [-0.05, 0) is 41.2 Å². The molecule has 0 N–H and O–H groups in total. The number of Topliss-reactive ketones (excluding diaryl/α,β-unsaturated/α-hetero) is 1. The number of fused-ring (bicyclic) bond motifs is 1. The lowest BCUT2D eigenvalue weighted by Crippen LogP contribution is -2.18. The summed E-state index contributed by atoms with van der Waals surface area (Å²) in [4.78, 5) is 13.7. The number of carbonyl (C=O) groups is 1. The predicted octanol–water partition coefficient (Wildman–Crippen LogP) is 5.83. The SMILES string of the molecule is COc1ccc(C2CC(=O)c3c(SCc4ccccc4)sc(C#N)c3C2)cc1. The molecule has 0 saturated carbocycles. The first-order valence-electron chi connectivity index (χ1n) is 9.09. The minimum absolute atomic E-state index is 0.111. The van der Waals surface area contributed by atoms with Gasteiger partial charge in [0.1, 0.15) is 16.7 Å². The minimum Gasteiger partial charge on any atom is -0.497 e. The molecule has 0 bridgehead atoms. The molecule has 140 valence electrons. The fourth-order valence-electron chi connectivity index (χ4n) is 3.59. The highest BCUT2D eigenvalue weighted by atomic mass is 32.2. The Kier molecular flexibility index (Phi) is 5.52. The standard InChI is InChI=1S/C23H19NO2S2/c1-26-18-9-7-16(8-10-18)17-11-19-21(13-24)28-23(22(19)20(25)12-17)27-14-15-5-3-2-4-6-15/h2-10,17H,11-12,14H2,1H3. The monoisotopic (exact) mass is 405 g/mol. The number of ether oxygens (including phenoxy) is 1. The van der Waals surface area contributed by atoms with E-state index in [0.717, 1.165) is 38.8 Å². The van der Waals surface area contributed by atoms with E-state index in [1.807, 2.05) is 42.5 Å². The lowest BCUT2D eigenvalue weighted by atomic mass is 9.80. The summed E-state index contributed by atoms with van der Waals surface area (Å²) in [7, 11) is 1.64. The molecule has 0 radical (unpaired) electrons. The molecular weight excluding hydrogens is 386 g/mol. The van der Waals surface area contributed by atoms with E-state index in [0.29, 0.717) is 11.3 Å². The van der Waals surface area contributed by atoms with Gasteiger partial charge in [0.25, 0.3) is 0 Å². The van der Waals surface area contributed by atoms with Crippen molar-refractivity contribution >= 4 is 28.9 Å². The van der Waals surface area contributed by atoms with Crippen molar-refractivity contribution in [2.24, 2.45) is 0 Å². The summed E-state index contributed by atoms with van der Waals surface area (Å²) in [6, 6.07) is 20.4. The van der Waals surface area contributed by atoms with E-state index in [-0.39, 0.29) is 11.7 Å². The van der Waals surface area contributed by atoms with Crippen molar-refractivity contribution in [3.05, 3.63) is 81.7 Å². The molecule has 3 aromatic rings. The molecule has 1 aliphatic carbocycles. The van der Waals surface area contributed by atoms with Crippen molar-refractivity contribution in [3.8, 4) is 11.8 Å². The fourth-order valence-corrected chi connectivity index (χ4v) is 6.00. The lowest BCUT2D eigenvalue weighted by Gasteiger charge is -2.23. The first kappa shape index (κ1) is 18.8. The Morgan fingerprint density at radius 3 is 2.57 bits per heavy atom.